The van der Waals surface area contributed by atoms with E-state index >= 15 is 0 Å². The van der Waals surface area contributed by atoms with E-state index in [4.69, 9.17) is 5.73 Å². The molecule has 0 spiro atoms. The number of hydrogen-bond donors (Lipinski definition) is 2. The second kappa shape index (κ2) is 5.11. The monoisotopic (exact) mass is 214 g/mol. The van der Waals surface area contributed by atoms with Crippen LogP contribution < -0.4 is 11.1 Å². The molecule has 4 nitrogen and oxygen atoms in total. The van der Waals surface area contributed by atoms with Gasteiger partial charge in [-0.15, -0.1) is 0 Å². The molecule has 82 valence electrons. The highest BCUT2D eigenvalue weighted by molar-refractivity contribution is 5.43. The number of nitrogens with one attached hydrogen (secondary N) is 1. The molecule has 0 aliphatic heterocycles. The van der Waals surface area contributed by atoms with Gasteiger partial charge in [0.1, 0.15) is 5.82 Å². The molecule has 2 aromatic rings. The summed E-state index contributed by atoms with van der Waals surface area (Å²) in [6, 6.07) is 9.62. The van der Waals surface area contributed by atoms with Gasteiger partial charge in [0, 0.05) is 24.9 Å². The third kappa shape index (κ3) is 2.95. The number of pyridine rings is 2. The molecule has 0 saturated carbocycles. The van der Waals surface area contributed by atoms with E-state index in [1.165, 1.54) is 0 Å². The van der Waals surface area contributed by atoms with E-state index in [9.17, 15) is 0 Å². The summed E-state index contributed by atoms with van der Waals surface area (Å²) in [5, 5.41) is 3.21. The van der Waals surface area contributed by atoms with Crippen LogP contribution in [-0.2, 0) is 6.42 Å². The average Bonchev–Trinajstić information content (AvgIpc) is 2.33. The van der Waals surface area contributed by atoms with Crippen molar-refractivity contribution in [2.75, 3.05) is 17.6 Å². The van der Waals surface area contributed by atoms with Gasteiger partial charge in [0.2, 0.25) is 0 Å². The van der Waals surface area contributed by atoms with E-state index in [1.54, 1.807) is 12.4 Å². The summed E-state index contributed by atoms with van der Waals surface area (Å²) in [4.78, 5) is 8.40. The van der Waals surface area contributed by atoms with Crippen LogP contribution in [0.15, 0.2) is 42.7 Å². The Kier molecular flexibility index (Phi) is 3.33. The number of nitrogens with zero attached hydrogens (tertiary/aromatic N) is 2. The molecular weight excluding hydrogens is 200 g/mol. The van der Waals surface area contributed by atoms with E-state index < -0.39 is 0 Å². The van der Waals surface area contributed by atoms with Gasteiger partial charge in [-0.1, -0.05) is 6.07 Å². The average molecular weight is 214 g/mol. The molecule has 16 heavy (non-hydrogen) atoms. The Morgan fingerprint density at radius 2 is 2.06 bits per heavy atom. The summed E-state index contributed by atoms with van der Waals surface area (Å²) >= 11 is 0. The van der Waals surface area contributed by atoms with Crippen LogP contribution in [0.1, 0.15) is 5.69 Å². The second-order valence-electron chi connectivity index (χ2n) is 3.47. The molecular formula is C12H14N4. The lowest BCUT2D eigenvalue weighted by molar-refractivity contribution is 0.954. The van der Waals surface area contributed by atoms with Crippen molar-refractivity contribution < 1.29 is 0 Å². The maximum Gasteiger partial charge on any atom is 0.126 e. The summed E-state index contributed by atoms with van der Waals surface area (Å²) in [6.45, 7) is 0.813. The Morgan fingerprint density at radius 1 is 1.12 bits per heavy atom. The molecule has 4 heteroatoms. The number of rotatable bonds is 4. The first-order valence-corrected chi connectivity index (χ1v) is 5.20. The summed E-state index contributed by atoms with van der Waals surface area (Å²) in [5.74, 6) is 0.838. The van der Waals surface area contributed by atoms with Gasteiger partial charge in [0.05, 0.1) is 11.9 Å². The number of hydrogen-bond acceptors (Lipinski definition) is 4. The highest BCUT2D eigenvalue weighted by Gasteiger charge is 1.95. The van der Waals surface area contributed by atoms with E-state index in [-0.39, 0.29) is 0 Å². The lowest BCUT2D eigenvalue weighted by Gasteiger charge is -2.04. The van der Waals surface area contributed by atoms with Gasteiger partial charge in [-0.3, -0.25) is 4.98 Å². The first kappa shape index (κ1) is 10.4. The summed E-state index contributed by atoms with van der Waals surface area (Å²) < 4.78 is 0. The highest BCUT2D eigenvalue weighted by atomic mass is 15.0. The van der Waals surface area contributed by atoms with Crippen molar-refractivity contribution in [1.82, 2.24) is 9.97 Å². The molecule has 0 atom stereocenters. The van der Waals surface area contributed by atoms with E-state index in [2.05, 4.69) is 15.3 Å². The molecule has 0 aromatic carbocycles. The minimum absolute atomic E-state index is 0.676. The topological polar surface area (TPSA) is 63.8 Å². The predicted molar refractivity (Wildman–Crippen MR) is 65.1 cm³/mol. The summed E-state index contributed by atoms with van der Waals surface area (Å²) in [6.07, 6.45) is 4.33. The molecule has 2 aromatic heterocycles. The molecule has 0 aliphatic rings. The van der Waals surface area contributed by atoms with Crippen molar-refractivity contribution in [2.45, 2.75) is 6.42 Å². The van der Waals surface area contributed by atoms with Crippen LogP contribution in [0.4, 0.5) is 11.5 Å². The molecule has 2 rings (SSSR count). The van der Waals surface area contributed by atoms with Crippen LogP contribution >= 0.6 is 0 Å². The van der Waals surface area contributed by atoms with Crippen molar-refractivity contribution in [3.8, 4) is 0 Å². The fourth-order valence-electron chi connectivity index (χ4n) is 1.37. The zero-order valence-electron chi connectivity index (χ0n) is 8.93. The minimum atomic E-state index is 0.676. The van der Waals surface area contributed by atoms with Gasteiger partial charge in [0.25, 0.3) is 0 Å². The van der Waals surface area contributed by atoms with Crippen LogP contribution in [0.5, 0.6) is 0 Å². The van der Waals surface area contributed by atoms with Gasteiger partial charge in [-0.2, -0.15) is 0 Å². The summed E-state index contributed by atoms with van der Waals surface area (Å²) in [5.41, 5.74) is 7.30. The molecule has 0 unspecified atom stereocenters. The number of aromatic nitrogens is 2. The van der Waals surface area contributed by atoms with Crippen LogP contribution in [0.3, 0.4) is 0 Å². The van der Waals surface area contributed by atoms with Crippen molar-refractivity contribution >= 4 is 11.5 Å². The van der Waals surface area contributed by atoms with Gasteiger partial charge in [-0.05, 0) is 24.3 Å². The Bertz CT molecular complexity index is 425. The van der Waals surface area contributed by atoms with Gasteiger partial charge < -0.3 is 11.1 Å². The standard InChI is InChI=1S/C12H14N4/c13-10-4-5-12(16-9-10)15-8-6-11-3-1-2-7-14-11/h1-5,7,9H,6,8,13H2,(H,15,16). The van der Waals surface area contributed by atoms with Gasteiger partial charge >= 0.3 is 0 Å². The smallest absolute Gasteiger partial charge is 0.126 e. The fraction of sp³-hybridized carbons (Fsp3) is 0.167. The zero-order chi connectivity index (χ0) is 11.2. The Morgan fingerprint density at radius 3 is 2.75 bits per heavy atom. The first-order chi connectivity index (χ1) is 7.84. The van der Waals surface area contributed by atoms with Crippen LogP contribution in [0.2, 0.25) is 0 Å². The molecule has 0 radical (unpaired) electrons. The van der Waals surface area contributed by atoms with Crippen molar-refractivity contribution in [2.24, 2.45) is 0 Å². The molecule has 0 aliphatic carbocycles. The lowest BCUT2D eigenvalue weighted by atomic mass is 10.3. The first-order valence-electron chi connectivity index (χ1n) is 5.20. The highest BCUT2D eigenvalue weighted by Crippen LogP contribution is 2.05. The normalized spacial score (nSPS) is 10.0. The van der Waals surface area contributed by atoms with Crippen LogP contribution in [0.25, 0.3) is 0 Å². The maximum absolute atomic E-state index is 5.55. The zero-order valence-corrected chi connectivity index (χ0v) is 8.93. The third-order valence-electron chi connectivity index (χ3n) is 2.20. The third-order valence-corrected chi connectivity index (χ3v) is 2.20. The van der Waals surface area contributed by atoms with E-state index in [1.807, 2.05) is 30.3 Å². The lowest BCUT2D eigenvalue weighted by Crippen LogP contribution is -2.07. The van der Waals surface area contributed by atoms with E-state index in [0.717, 1.165) is 24.5 Å². The fourth-order valence-corrected chi connectivity index (χ4v) is 1.37. The molecule has 0 amide bonds. The number of nitrogen functional groups attached to an aromatic ring is 1. The van der Waals surface area contributed by atoms with Crippen LogP contribution in [0, 0.1) is 0 Å². The SMILES string of the molecule is Nc1ccc(NCCc2ccccn2)nc1. The molecule has 0 bridgehead atoms. The molecule has 0 fully saturated rings. The molecule has 2 heterocycles. The van der Waals surface area contributed by atoms with Gasteiger partial charge in [0.15, 0.2) is 0 Å². The quantitative estimate of drug-likeness (QED) is 0.813. The maximum atomic E-state index is 5.55. The van der Waals surface area contributed by atoms with Crippen LogP contribution in [-0.4, -0.2) is 16.5 Å². The Balaban J connectivity index is 1.82. The summed E-state index contributed by atoms with van der Waals surface area (Å²) in [7, 11) is 0. The number of anilines is 2. The van der Waals surface area contributed by atoms with E-state index in [0.29, 0.717) is 5.69 Å². The van der Waals surface area contributed by atoms with Crippen molar-refractivity contribution in [1.29, 1.82) is 0 Å². The Hall–Kier alpha value is -2.10. The Labute approximate surface area is 94.5 Å². The van der Waals surface area contributed by atoms with Gasteiger partial charge in [-0.25, -0.2) is 4.98 Å². The minimum Gasteiger partial charge on any atom is -0.397 e. The molecule has 0 saturated heterocycles. The predicted octanol–water partition coefficient (Wildman–Crippen LogP) is 1.71. The van der Waals surface area contributed by atoms with Crippen molar-refractivity contribution in [3.05, 3.63) is 48.4 Å². The number of nitrogens with two attached hydrogens (primary N) is 1. The largest absolute Gasteiger partial charge is 0.397 e. The molecule has 3 N–H and O–H groups in total. The van der Waals surface area contributed by atoms with Crippen molar-refractivity contribution in [3.63, 3.8) is 0 Å². The second-order valence-corrected chi connectivity index (χ2v) is 3.47.